The van der Waals surface area contributed by atoms with Crippen LogP contribution in [-0.4, -0.2) is 27.2 Å². The Balaban J connectivity index is 2.09. The number of ether oxygens (including phenoxy) is 3. The van der Waals surface area contributed by atoms with Crippen LogP contribution in [0.15, 0.2) is 42.5 Å². The number of aryl methyl sites for hydroxylation is 1. The number of nitrogens with one attached hydrogen (secondary N) is 1. The van der Waals surface area contributed by atoms with Crippen molar-refractivity contribution in [3.05, 3.63) is 59.2 Å². The van der Waals surface area contributed by atoms with E-state index < -0.39 is 0 Å². The van der Waals surface area contributed by atoms with Crippen LogP contribution in [0.3, 0.4) is 0 Å². The average Bonchev–Trinajstić information content (AvgIpc) is 2.70. The molecule has 0 heterocycles. The second-order valence-corrected chi connectivity index (χ2v) is 6.15. The molecule has 0 fully saturated rings. The Morgan fingerprint density at radius 2 is 1.67 bits per heavy atom. The summed E-state index contributed by atoms with van der Waals surface area (Å²) < 4.78 is 15.8. The minimum atomic E-state index is -0.148. The van der Waals surface area contributed by atoms with Gasteiger partial charge in [0.25, 0.3) is 0 Å². The van der Waals surface area contributed by atoms with Gasteiger partial charge in [0.1, 0.15) is 5.75 Å². The van der Waals surface area contributed by atoms with Crippen molar-refractivity contribution < 1.29 is 19.0 Å². The first-order valence-electron chi connectivity index (χ1n) is 8.87. The number of benzene rings is 2. The van der Waals surface area contributed by atoms with E-state index in [4.69, 9.17) is 14.2 Å². The van der Waals surface area contributed by atoms with Crippen LogP contribution in [-0.2, 0) is 4.79 Å². The summed E-state index contributed by atoms with van der Waals surface area (Å²) in [5.74, 6) is 1.97. The molecule has 0 aliphatic rings. The van der Waals surface area contributed by atoms with Crippen molar-refractivity contribution in [2.45, 2.75) is 26.3 Å². The van der Waals surface area contributed by atoms with Gasteiger partial charge in [-0.25, -0.2) is 0 Å². The lowest BCUT2D eigenvalue weighted by Gasteiger charge is -2.18. The third-order valence-electron chi connectivity index (χ3n) is 4.38. The summed E-state index contributed by atoms with van der Waals surface area (Å²) in [4.78, 5) is 12.4. The summed E-state index contributed by atoms with van der Waals surface area (Å²) in [5, 5.41) is 3.05. The highest BCUT2D eigenvalue weighted by Gasteiger charge is 2.13. The van der Waals surface area contributed by atoms with Crippen molar-refractivity contribution in [1.29, 1.82) is 0 Å². The molecule has 27 heavy (non-hydrogen) atoms. The summed E-state index contributed by atoms with van der Waals surface area (Å²) in [6, 6.07) is 11.4. The highest BCUT2D eigenvalue weighted by atomic mass is 16.5. The molecule has 0 aliphatic heterocycles. The molecule has 1 atom stereocenters. The fourth-order valence-electron chi connectivity index (χ4n) is 2.89. The quantitative estimate of drug-likeness (QED) is 0.705. The van der Waals surface area contributed by atoms with E-state index in [1.807, 2.05) is 50.2 Å². The minimum Gasteiger partial charge on any atom is -0.496 e. The van der Waals surface area contributed by atoms with Gasteiger partial charge in [0.15, 0.2) is 11.5 Å². The third kappa shape index (κ3) is 5.26. The van der Waals surface area contributed by atoms with E-state index in [-0.39, 0.29) is 11.9 Å². The molecule has 1 N–H and O–H groups in total. The van der Waals surface area contributed by atoms with Gasteiger partial charge in [0, 0.05) is 6.08 Å². The van der Waals surface area contributed by atoms with Crippen molar-refractivity contribution in [2.24, 2.45) is 0 Å². The molecule has 0 saturated heterocycles. The van der Waals surface area contributed by atoms with Gasteiger partial charge in [-0.15, -0.1) is 0 Å². The molecule has 5 nitrogen and oxygen atoms in total. The largest absolute Gasteiger partial charge is 0.496 e. The van der Waals surface area contributed by atoms with Gasteiger partial charge in [-0.05, 0) is 54.3 Å². The predicted molar refractivity (Wildman–Crippen MR) is 107 cm³/mol. The molecule has 0 unspecified atom stereocenters. The summed E-state index contributed by atoms with van der Waals surface area (Å²) in [6.07, 6.45) is 4.07. The van der Waals surface area contributed by atoms with E-state index in [0.29, 0.717) is 11.5 Å². The van der Waals surface area contributed by atoms with Gasteiger partial charge in [0.2, 0.25) is 5.91 Å². The second kappa shape index (κ2) is 9.67. The second-order valence-electron chi connectivity index (χ2n) is 6.15. The van der Waals surface area contributed by atoms with Crippen LogP contribution in [0.2, 0.25) is 0 Å². The van der Waals surface area contributed by atoms with Crippen molar-refractivity contribution >= 4 is 12.0 Å². The average molecular weight is 369 g/mol. The molecule has 0 spiro atoms. The summed E-state index contributed by atoms with van der Waals surface area (Å²) >= 11 is 0. The molecule has 2 aromatic carbocycles. The molecule has 2 rings (SSSR count). The van der Waals surface area contributed by atoms with Crippen LogP contribution in [0.5, 0.6) is 17.2 Å². The molecule has 5 heteroatoms. The molecule has 1 amide bonds. The monoisotopic (exact) mass is 369 g/mol. The Morgan fingerprint density at radius 1 is 1.00 bits per heavy atom. The lowest BCUT2D eigenvalue weighted by atomic mass is 10.0. The van der Waals surface area contributed by atoms with Crippen molar-refractivity contribution in [3.63, 3.8) is 0 Å². The maximum absolute atomic E-state index is 12.4. The van der Waals surface area contributed by atoms with E-state index >= 15 is 0 Å². The van der Waals surface area contributed by atoms with E-state index in [9.17, 15) is 4.79 Å². The predicted octanol–water partition coefficient (Wildman–Crippen LogP) is 4.30. The molecule has 0 aliphatic carbocycles. The standard InChI is InChI=1S/C22H27NO4/c1-6-18(17-9-11-19(25-3)15(2)13-17)23-22(24)12-8-16-7-10-20(26-4)21(14-16)27-5/h7-14,18H,6H2,1-5H3,(H,23,24)/b12-8+/t18-/m1/s1. The Morgan fingerprint density at radius 3 is 2.26 bits per heavy atom. The number of hydrogen-bond acceptors (Lipinski definition) is 4. The van der Waals surface area contributed by atoms with E-state index in [1.54, 1.807) is 27.4 Å². The highest BCUT2D eigenvalue weighted by molar-refractivity contribution is 5.92. The lowest BCUT2D eigenvalue weighted by molar-refractivity contribution is -0.117. The molecule has 0 aromatic heterocycles. The van der Waals surface area contributed by atoms with Gasteiger partial charge in [0.05, 0.1) is 27.4 Å². The molecular formula is C22H27NO4. The van der Waals surface area contributed by atoms with Gasteiger partial charge in [-0.3, -0.25) is 4.79 Å². The SMILES string of the molecule is CC[C@@H](NC(=O)/C=C/c1ccc(OC)c(OC)c1)c1ccc(OC)c(C)c1. The van der Waals surface area contributed by atoms with Crippen molar-refractivity contribution in [2.75, 3.05) is 21.3 Å². The van der Waals surface area contributed by atoms with Crippen LogP contribution in [0.4, 0.5) is 0 Å². The lowest BCUT2D eigenvalue weighted by Crippen LogP contribution is -2.26. The number of rotatable bonds is 8. The van der Waals surface area contributed by atoms with E-state index in [0.717, 1.165) is 28.9 Å². The molecule has 0 radical (unpaired) electrons. The fraction of sp³-hybridized carbons (Fsp3) is 0.318. The molecular weight excluding hydrogens is 342 g/mol. The summed E-state index contributed by atoms with van der Waals surface area (Å²) in [6.45, 7) is 4.04. The maximum atomic E-state index is 12.4. The summed E-state index contributed by atoms with van der Waals surface area (Å²) in [7, 11) is 4.83. The van der Waals surface area contributed by atoms with Crippen LogP contribution in [0.25, 0.3) is 6.08 Å². The maximum Gasteiger partial charge on any atom is 0.244 e. The first-order chi connectivity index (χ1) is 13.0. The number of methoxy groups -OCH3 is 3. The zero-order valence-electron chi connectivity index (χ0n) is 16.5. The van der Waals surface area contributed by atoms with Crippen LogP contribution < -0.4 is 19.5 Å². The number of carbonyl (C=O) groups is 1. The Labute approximate surface area is 161 Å². The van der Waals surface area contributed by atoms with Gasteiger partial charge < -0.3 is 19.5 Å². The van der Waals surface area contributed by atoms with Gasteiger partial charge >= 0.3 is 0 Å². The Hall–Kier alpha value is -2.95. The van der Waals surface area contributed by atoms with E-state index in [2.05, 4.69) is 5.32 Å². The smallest absolute Gasteiger partial charge is 0.244 e. The van der Waals surface area contributed by atoms with Crippen molar-refractivity contribution in [1.82, 2.24) is 5.32 Å². The van der Waals surface area contributed by atoms with Crippen LogP contribution >= 0.6 is 0 Å². The molecule has 0 bridgehead atoms. The number of carbonyl (C=O) groups excluding carboxylic acids is 1. The van der Waals surface area contributed by atoms with E-state index in [1.165, 1.54) is 6.08 Å². The van der Waals surface area contributed by atoms with Crippen LogP contribution in [0, 0.1) is 6.92 Å². The van der Waals surface area contributed by atoms with Gasteiger partial charge in [-0.1, -0.05) is 25.1 Å². The zero-order valence-corrected chi connectivity index (χ0v) is 16.5. The number of amides is 1. The third-order valence-corrected chi connectivity index (χ3v) is 4.38. The minimum absolute atomic E-state index is 0.0582. The Kier molecular flexibility index (Phi) is 7.29. The number of hydrogen-bond donors (Lipinski definition) is 1. The van der Waals surface area contributed by atoms with Crippen LogP contribution in [0.1, 0.15) is 36.1 Å². The fourth-order valence-corrected chi connectivity index (χ4v) is 2.89. The zero-order chi connectivity index (χ0) is 19.8. The molecule has 144 valence electrons. The first kappa shape index (κ1) is 20.4. The topological polar surface area (TPSA) is 56.8 Å². The highest BCUT2D eigenvalue weighted by Crippen LogP contribution is 2.28. The first-order valence-corrected chi connectivity index (χ1v) is 8.87. The molecule has 2 aromatic rings. The van der Waals surface area contributed by atoms with Gasteiger partial charge in [-0.2, -0.15) is 0 Å². The molecule has 0 saturated carbocycles. The summed E-state index contributed by atoms with van der Waals surface area (Å²) in [5.41, 5.74) is 2.96. The Bertz CT molecular complexity index is 814. The normalized spacial score (nSPS) is 11.9. The van der Waals surface area contributed by atoms with Crippen molar-refractivity contribution in [3.8, 4) is 17.2 Å².